The van der Waals surface area contributed by atoms with Gasteiger partial charge in [-0.1, -0.05) is 19.9 Å². The lowest BCUT2D eigenvalue weighted by Gasteiger charge is -2.19. The number of hydrogen-bond acceptors (Lipinski definition) is 6. The molecule has 0 radical (unpaired) electrons. The largest absolute Gasteiger partial charge is 0.497 e. The summed E-state index contributed by atoms with van der Waals surface area (Å²) in [5.41, 5.74) is 1.31. The van der Waals surface area contributed by atoms with Crippen molar-refractivity contribution in [2.45, 2.75) is 25.7 Å². The molecule has 0 aliphatic rings. The number of aryl methyl sites for hydroxylation is 1. The molecule has 9 heteroatoms. The fourth-order valence-electron chi connectivity index (χ4n) is 2.74. The van der Waals surface area contributed by atoms with E-state index >= 15 is 0 Å². The van der Waals surface area contributed by atoms with Crippen LogP contribution in [0, 0.1) is 6.92 Å². The molecule has 2 rings (SSSR count). The van der Waals surface area contributed by atoms with Crippen LogP contribution >= 0.6 is 0 Å². The van der Waals surface area contributed by atoms with Crippen LogP contribution in [0.5, 0.6) is 5.75 Å². The SMILES string of the molecule is CCN(CC)S(=O)(=O)c1ccc(C)c(NC(=O)COC(=O)c2ccc(OC)cc2)c1. The first kappa shape index (κ1) is 23.4. The van der Waals surface area contributed by atoms with Crippen molar-refractivity contribution in [1.29, 1.82) is 0 Å². The summed E-state index contributed by atoms with van der Waals surface area (Å²) in [4.78, 5) is 24.4. The number of nitrogens with one attached hydrogen (secondary N) is 1. The number of carbonyl (C=O) groups excluding carboxylic acids is 2. The molecule has 162 valence electrons. The number of rotatable bonds is 9. The predicted molar refractivity (Wildman–Crippen MR) is 113 cm³/mol. The first-order valence-corrected chi connectivity index (χ1v) is 10.9. The molecule has 0 atom stereocenters. The van der Waals surface area contributed by atoms with Crippen molar-refractivity contribution in [3.8, 4) is 5.75 Å². The molecule has 0 spiro atoms. The van der Waals surface area contributed by atoms with E-state index in [2.05, 4.69) is 5.32 Å². The number of hydrogen-bond donors (Lipinski definition) is 1. The summed E-state index contributed by atoms with van der Waals surface area (Å²) in [5, 5.41) is 2.60. The smallest absolute Gasteiger partial charge is 0.338 e. The van der Waals surface area contributed by atoms with E-state index in [-0.39, 0.29) is 10.5 Å². The third-order valence-electron chi connectivity index (χ3n) is 4.49. The molecule has 8 nitrogen and oxygen atoms in total. The highest BCUT2D eigenvalue weighted by molar-refractivity contribution is 7.89. The fraction of sp³-hybridized carbons (Fsp3) is 0.333. The number of sulfonamides is 1. The van der Waals surface area contributed by atoms with Crippen LogP contribution in [0.1, 0.15) is 29.8 Å². The number of benzene rings is 2. The maximum absolute atomic E-state index is 12.7. The monoisotopic (exact) mass is 434 g/mol. The first-order valence-electron chi connectivity index (χ1n) is 9.44. The van der Waals surface area contributed by atoms with Crippen LogP contribution in [0.15, 0.2) is 47.4 Å². The molecule has 0 unspecified atom stereocenters. The molecule has 0 fully saturated rings. The lowest BCUT2D eigenvalue weighted by atomic mass is 10.2. The maximum atomic E-state index is 12.7. The van der Waals surface area contributed by atoms with Crippen LogP contribution in [0.3, 0.4) is 0 Å². The van der Waals surface area contributed by atoms with E-state index in [4.69, 9.17) is 9.47 Å². The Morgan fingerprint density at radius 2 is 1.67 bits per heavy atom. The Balaban J connectivity index is 2.06. The third kappa shape index (κ3) is 5.58. The fourth-order valence-corrected chi connectivity index (χ4v) is 4.22. The van der Waals surface area contributed by atoms with Gasteiger partial charge in [0.2, 0.25) is 10.0 Å². The normalized spacial score (nSPS) is 11.2. The van der Waals surface area contributed by atoms with Gasteiger partial charge in [0.15, 0.2) is 6.61 Å². The lowest BCUT2D eigenvalue weighted by Crippen LogP contribution is -2.30. The first-order chi connectivity index (χ1) is 14.2. The van der Waals surface area contributed by atoms with Crippen molar-refractivity contribution in [3.63, 3.8) is 0 Å². The summed E-state index contributed by atoms with van der Waals surface area (Å²) in [6.45, 7) is 5.44. The second-order valence-corrected chi connectivity index (χ2v) is 8.36. The summed E-state index contributed by atoms with van der Waals surface area (Å²) >= 11 is 0. The zero-order valence-electron chi connectivity index (χ0n) is 17.5. The van der Waals surface area contributed by atoms with Crippen molar-refractivity contribution in [1.82, 2.24) is 4.31 Å². The molecule has 0 aromatic heterocycles. The molecule has 1 N–H and O–H groups in total. The summed E-state index contributed by atoms with van der Waals surface area (Å²) in [6, 6.07) is 10.8. The molecule has 1 amide bonds. The van der Waals surface area contributed by atoms with Gasteiger partial charge in [0, 0.05) is 18.8 Å². The lowest BCUT2D eigenvalue weighted by molar-refractivity contribution is -0.119. The molecular formula is C21H26N2O6S. The molecule has 0 aliphatic carbocycles. The van der Waals surface area contributed by atoms with Crippen molar-refractivity contribution < 1.29 is 27.5 Å². The summed E-state index contributed by atoms with van der Waals surface area (Å²) in [5.74, 6) is -0.626. The highest BCUT2D eigenvalue weighted by Gasteiger charge is 2.22. The summed E-state index contributed by atoms with van der Waals surface area (Å²) in [7, 11) is -2.14. The second-order valence-electron chi connectivity index (χ2n) is 6.42. The molecule has 0 saturated heterocycles. The van der Waals surface area contributed by atoms with Gasteiger partial charge in [-0.3, -0.25) is 4.79 Å². The number of methoxy groups -OCH3 is 1. The predicted octanol–water partition coefficient (Wildman–Crippen LogP) is 2.83. The van der Waals surface area contributed by atoms with Crippen molar-refractivity contribution in [3.05, 3.63) is 53.6 Å². The number of amides is 1. The average molecular weight is 435 g/mol. The Kier molecular flexibility index (Phi) is 7.96. The molecule has 0 aliphatic heterocycles. The van der Waals surface area contributed by atoms with E-state index in [1.807, 2.05) is 0 Å². The van der Waals surface area contributed by atoms with Gasteiger partial charge in [-0.05, 0) is 48.9 Å². The van der Waals surface area contributed by atoms with Gasteiger partial charge in [-0.25, -0.2) is 13.2 Å². The van der Waals surface area contributed by atoms with E-state index in [0.29, 0.717) is 30.1 Å². The van der Waals surface area contributed by atoms with Crippen LogP contribution in [0.4, 0.5) is 5.69 Å². The van der Waals surface area contributed by atoms with Crippen molar-refractivity contribution in [2.24, 2.45) is 0 Å². The van der Waals surface area contributed by atoms with Crippen LogP contribution in [-0.2, 0) is 19.6 Å². The Labute approximate surface area is 176 Å². The number of anilines is 1. The van der Waals surface area contributed by atoms with Crippen LogP contribution in [0.2, 0.25) is 0 Å². The van der Waals surface area contributed by atoms with E-state index in [9.17, 15) is 18.0 Å². The molecule has 0 bridgehead atoms. The van der Waals surface area contributed by atoms with Crippen molar-refractivity contribution in [2.75, 3.05) is 32.1 Å². The van der Waals surface area contributed by atoms with Crippen LogP contribution in [0.25, 0.3) is 0 Å². The number of nitrogens with zero attached hydrogens (tertiary/aromatic N) is 1. The number of carbonyl (C=O) groups is 2. The highest BCUT2D eigenvalue weighted by atomic mass is 32.2. The van der Waals surface area contributed by atoms with E-state index in [1.54, 1.807) is 39.0 Å². The van der Waals surface area contributed by atoms with Gasteiger partial charge in [0.05, 0.1) is 17.6 Å². The summed E-state index contributed by atoms with van der Waals surface area (Å²) < 4.78 is 36.8. The van der Waals surface area contributed by atoms with E-state index in [1.165, 1.54) is 35.7 Å². The topological polar surface area (TPSA) is 102 Å². The zero-order chi connectivity index (χ0) is 22.3. The van der Waals surface area contributed by atoms with Gasteiger partial charge >= 0.3 is 5.97 Å². The second kappa shape index (κ2) is 10.2. The maximum Gasteiger partial charge on any atom is 0.338 e. The quantitative estimate of drug-likeness (QED) is 0.609. The van der Waals surface area contributed by atoms with Crippen LogP contribution in [-0.4, -0.2) is 51.4 Å². The van der Waals surface area contributed by atoms with Crippen molar-refractivity contribution >= 4 is 27.6 Å². The standard InChI is InChI=1S/C21H26N2O6S/c1-5-23(6-2)30(26,27)18-12-7-15(3)19(13-18)22-20(24)14-29-21(25)16-8-10-17(28-4)11-9-16/h7-13H,5-6,14H2,1-4H3,(H,22,24). The minimum Gasteiger partial charge on any atom is -0.497 e. The number of esters is 1. The van der Waals surface area contributed by atoms with Gasteiger partial charge < -0.3 is 14.8 Å². The summed E-state index contributed by atoms with van der Waals surface area (Å²) in [6.07, 6.45) is 0. The molecule has 30 heavy (non-hydrogen) atoms. The van der Waals surface area contributed by atoms with E-state index in [0.717, 1.165) is 0 Å². The Morgan fingerprint density at radius 1 is 1.03 bits per heavy atom. The molecular weight excluding hydrogens is 408 g/mol. The molecule has 0 heterocycles. The number of ether oxygens (including phenoxy) is 2. The Morgan fingerprint density at radius 3 is 2.23 bits per heavy atom. The minimum atomic E-state index is -3.66. The van der Waals surface area contributed by atoms with Crippen LogP contribution < -0.4 is 10.1 Å². The average Bonchev–Trinajstić information content (AvgIpc) is 2.74. The van der Waals surface area contributed by atoms with Gasteiger partial charge in [0.1, 0.15) is 5.75 Å². The molecule has 2 aromatic carbocycles. The Hall–Kier alpha value is -2.91. The van der Waals surface area contributed by atoms with Gasteiger partial charge in [0.25, 0.3) is 5.91 Å². The van der Waals surface area contributed by atoms with Gasteiger partial charge in [-0.2, -0.15) is 4.31 Å². The minimum absolute atomic E-state index is 0.0855. The zero-order valence-corrected chi connectivity index (χ0v) is 18.3. The highest BCUT2D eigenvalue weighted by Crippen LogP contribution is 2.23. The molecule has 2 aromatic rings. The Bertz CT molecular complexity index is 999. The van der Waals surface area contributed by atoms with E-state index < -0.39 is 28.5 Å². The third-order valence-corrected chi connectivity index (χ3v) is 6.53. The van der Waals surface area contributed by atoms with Gasteiger partial charge in [-0.15, -0.1) is 0 Å². The molecule has 0 saturated carbocycles.